The van der Waals surface area contributed by atoms with Crippen LogP contribution in [0, 0.1) is 5.92 Å². The number of ether oxygens (including phenoxy) is 2. The fraction of sp³-hybridized carbons (Fsp3) is 0.704. The fourth-order valence-electron chi connectivity index (χ4n) is 5.45. The third kappa shape index (κ3) is 6.65. The van der Waals surface area contributed by atoms with E-state index in [1.807, 2.05) is 16.7 Å². The second-order valence-corrected chi connectivity index (χ2v) is 9.92. The van der Waals surface area contributed by atoms with Crippen molar-refractivity contribution in [1.29, 1.82) is 0 Å². The second kappa shape index (κ2) is 12.4. The quantitative estimate of drug-likeness (QED) is 0.577. The first-order valence-corrected chi connectivity index (χ1v) is 13.3. The summed E-state index contributed by atoms with van der Waals surface area (Å²) in [5.74, 6) is 1.92. The summed E-state index contributed by atoms with van der Waals surface area (Å²) in [6.07, 6.45) is 10.2. The van der Waals surface area contributed by atoms with Gasteiger partial charge in [0.05, 0.1) is 6.61 Å². The van der Waals surface area contributed by atoms with E-state index in [9.17, 15) is 9.59 Å². The highest BCUT2D eigenvalue weighted by Crippen LogP contribution is 2.30. The van der Waals surface area contributed by atoms with Crippen molar-refractivity contribution < 1.29 is 19.1 Å². The van der Waals surface area contributed by atoms with Gasteiger partial charge >= 0.3 is 0 Å². The lowest BCUT2D eigenvalue weighted by Gasteiger charge is -2.37. The predicted molar refractivity (Wildman–Crippen MR) is 132 cm³/mol. The van der Waals surface area contributed by atoms with Gasteiger partial charge in [0, 0.05) is 51.4 Å². The summed E-state index contributed by atoms with van der Waals surface area (Å²) in [6, 6.07) is 5.32. The third-order valence-corrected chi connectivity index (χ3v) is 7.45. The van der Waals surface area contributed by atoms with Gasteiger partial charge in [-0.15, -0.1) is 0 Å². The van der Waals surface area contributed by atoms with E-state index in [2.05, 4.69) is 4.90 Å². The zero-order valence-corrected chi connectivity index (χ0v) is 20.8. The summed E-state index contributed by atoms with van der Waals surface area (Å²) in [7, 11) is 0. The van der Waals surface area contributed by atoms with Gasteiger partial charge in [0.1, 0.15) is 0 Å². The minimum atomic E-state index is -0.00365. The normalized spacial score (nSPS) is 20.3. The van der Waals surface area contributed by atoms with Gasteiger partial charge in [0.15, 0.2) is 18.1 Å². The number of piperazine rings is 1. The van der Waals surface area contributed by atoms with Crippen LogP contribution in [-0.4, -0.2) is 85.5 Å². The molecule has 3 fully saturated rings. The highest BCUT2D eigenvalue weighted by Gasteiger charge is 2.25. The monoisotopic (exact) mass is 471 g/mol. The number of carbonyl (C=O) groups is 2. The van der Waals surface area contributed by atoms with Crippen LogP contribution in [-0.2, 0) is 4.79 Å². The van der Waals surface area contributed by atoms with Gasteiger partial charge in [0.2, 0.25) is 0 Å². The van der Waals surface area contributed by atoms with Crippen LogP contribution in [0.4, 0.5) is 0 Å². The molecule has 7 nitrogen and oxygen atoms in total. The summed E-state index contributed by atoms with van der Waals surface area (Å²) < 4.78 is 11.6. The first-order valence-electron chi connectivity index (χ1n) is 13.3. The SMILES string of the molecule is CCOc1cc(C(=O)N2CCN(CC3CCCCC3)CC2)ccc1OCC(=O)N1CCCCC1. The van der Waals surface area contributed by atoms with Crippen LogP contribution in [0.1, 0.15) is 68.6 Å². The Labute approximate surface area is 204 Å². The van der Waals surface area contributed by atoms with Crippen LogP contribution in [0.5, 0.6) is 11.5 Å². The number of rotatable bonds is 8. The average Bonchev–Trinajstić information content (AvgIpc) is 2.89. The van der Waals surface area contributed by atoms with Gasteiger partial charge in [-0.1, -0.05) is 19.3 Å². The molecule has 4 rings (SSSR count). The molecule has 1 aromatic carbocycles. The van der Waals surface area contributed by atoms with E-state index in [-0.39, 0.29) is 18.4 Å². The van der Waals surface area contributed by atoms with E-state index >= 15 is 0 Å². The Morgan fingerprint density at radius 1 is 0.824 bits per heavy atom. The van der Waals surface area contributed by atoms with Crippen molar-refractivity contribution in [3.8, 4) is 11.5 Å². The largest absolute Gasteiger partial charge is 0.490 e. The van der Waals surface area contributed by atoms with Crippen LogP contribution in [0.25, 0.3) is 0 Å². The van der Waals surface area contributed by atoms with Crippen LogP contribution >= 0.6 is 0 Å². The molecule has 2 saturated heterocycles. The standard InChI is InChI=1S/C27H41N3O4/c1-2-33-25-19-23(11-12-24(25)34-21-26(31)29-13-7-4-8-14-29)27(32)30-17-15-28(16-18-30)20-22-9-5-3-6-10-22/h11-12,19,22H,2-10,13-18,20-21H2,1H3. The number of nitrogens with zero attached hydrogens (tertiary/aromatic N) is 3. The summed E-state index contributed by atoms with van der Waals surface area (Å²) in [5.41, 5.74) is 0.610. The van der Waals surface area contributed by atoms with E-state index in [0.29, 0.717) is 23.7 Å². The lowest BCUT2D eigenvalue weighted by Crippen LogP contribution is -2.49. The molecule has 2 heterocycles. The first kappa shape index (κ1) is 24.8. The van der Waals surface area contributed by atoms with E-state index in [1.165, 1.54) is 45.1 Å². The molecular formula is C27H41N3O4. The highest BCUT2D eigenvalue weighted by molar-refractivity contribution is 5.95. The number of hydrogen-bond acceptors (Lipinski definition) is 5. The number of piperidine rings is 1. The molecular weight excluding hydrogens is 430 g/mol. The van der Waals surface area contributed by atoms with Crippen molar-refractivity contribution in [3.05, 3.63) is 23.8 Å². The Balaban J connectivity index is 1.31. The Kier molecular flexibility index (Phi) is 9.08. The smallest absolute Gasteiger partial charge is 0.260 e. The summed E-state index contributed by atoms with van der Waals surface area (Å²) >= 11 is 0. The van der Waals surface area contributed by atoms with Crippen molar-refractivity contribution in [2.24, 2.45) is 5.92 Å². The average molecular weight is 472 g/mol. The minimum Gasteiger partial charge on any atom is -0.490 e. The number of likely N-dealkylation sites (tertiary alicyclic amines) is 1. The molecule has 1 saturated carbocycles. The first-order chi connectivity index (χ1) is 16.6. The van der Waals surface area contributed by atoms with Gasteiger partial charge < -0.3 is 19.3 Å². The number of benzene rings is 1. The molecule has 2 amide bonds. The molecule has 0 unspecified atom stereocenters. The van der Waals surface area contributed by atoms with Gasteiger partial charge in [-0.3, -0.25) is 14.5 Å². The van der Waals surface area contributed by atoms with E-state index in [4.69, 9.17) is 9.47 Å². The van der Waals surface area contributed by atoms with Crippen LogP contribution in [0.15, 0.2) is 18.2 Å². The van der Waals surface area contributed by atoms with Crippen LogP contribution in [0.2, 0.25) is 0 Å². The summed E-state index contributed by atoms with van der Waals surface area (Å²) in [4.78, 5) is 32.0. The maximum absolute atomic E-state index is 13.2. The van der Waals surface area contributed by atoms with Crippen molar-refractivity contribution >= 4 is 11.8 Å². The molecule has 0 spiro atoms. The number of hydrogen-bond donors (Lipinski definition) is 0. The zero-order valence-electron chi connectivity index (χ0n) is 20.8. The molecule has 1 aromatic rings. The molecule has 7 heteroatoms. The van der Waals surface area contributed by atoms with E-state index in [1.54, 1.807) is 18.2 Å². The highest BCUT2D eigenvalue weighted by atomic mass is 16.5. The van der Waals surface area contributed by atoms with E-state index < -0.39 is 0 Å². The number of carbonyl (C=O) groups excluding carboxylic acids is 2. The van der Waals surface area contributed by atoms with Gasteiger partial charge in [-0.05, 0) is 63.1 Å². The maximum Gasteiger partial charge on any atom is 0.260 e. The second-order valence-electron chi connectivity index (χ2n) is 9.92. The summed E-state index contributed by atoms with van der Waals surface area (Å²) in [6.45, 7) is 8.58. The zero-order chi connectivity index (χ0) is 23.8. The Bertz CT molecular complexity index is 810. The fourth-order valence-corrected chi connectivity index (χ4v) is 5.45. The maximum atomic E-state index is 13.2. The molecule has 34 heavy (non-hydrogen) atoms. The topological polar surface area (TPSA) is 62.3 Å². The summed E-state index contributed by atoms with van der Waals surface area (Å²) in [5, 5.41) is 0. The minimum absolute atomic E-state index is 0.00365. The third-order valence-electron chi connectivity index (χ3n) is 7.45. The van der Waals surface area contributed by atoms with Crippen molar-refractivity contribution in [2.75, 3.05) is 59.0 Å². The van der Waals surface area contributed by atoms with Crippen molar-refractivity contribution in [1.82, 2.24) is 14.7 Å². The van der Waals surface area contributed by atoms with Crippen LogP contribution < -0.4 is 9.47 Å². The molecule has 0 bridgehead atoms. The predicted octanol–water partition coefficient (Wildman–Crippen LogP) is 3.81. The molecule has 0 atom stereocenters. The van der Waals surface area contributed by atoms with E-state index in [0.717, 1.165) is 58.0 Å². The number of amides is 2. The molecule has 1 aliphatic carbocycles. The molecule has 188 valence electrons. The lowest BCUT2D eigenvalue weighted by molar-refractivity contribution is -0.134. The van der Waals surface area contributed by atoms with Crippen molar-refractivity contribution in [2.45, 2.75) is 58.3 Å². The molecule has 0 N–H and O–H groups in total. The molecule has 3 aliphatic rings. The Morgan fingerprint density at radius 3 is 2.24 bits per heavy atom. The Hall–Kier alpha value is -2.28. The van der Waals surface area contributed by atoms with Crippen LogP contribution in [0.3, 0.4) is 0 Å². The van der Waals surface area contributed by atoms with Crippen molar-refractivity contribution in [3.63, 3.8) is 0 Å². The molecule has 0 aromatic heterocycles. The van der Waals surface area contributed by atoms with Gasteiger partial charge in [0.25, 0.3) is 11.8 Å². The lowest BCUT2D eigenvalue weighted by atomic mass is 9.89. The Morgan fingerprint density at radius 2 is 1.53 bits per heavy atom. The van der Waals surface area contributed by atoms with Gasteiger partial charge in [-0.2, -0.15) is 0 Å². The molecule has 0 radical (unpaired) electrons. The molecule has 2 aliphatic heterocycles. The van der Waals surface area contributed by atoms with Gasteiger partial charge in [-0.25, -0.2) is 0 Å².